The second-order valence-corrected chi connectivity index (χ2v) is 5.71. The molecule has 1 aromatic heterocycles. The summed E-state index contributed by atoms with van der Waals surface area (Å²) in [7, 11) is 0. The average Bonchev–Trinajstić information content (AvgIpc) is 2.55. The normalized spacial score (nSPS) is 11.3. The van der Waals surface area contributed by atoms with Crippen molar-refractivity contribution < 1.29 is 22.7 Å². The Morgan fingerprint density at radius 1 is 1.31 bits per heavy atom. The van der Waals surface area contributed by atoms with Crippen molar-refractivity contribution in [1.82, 2.24) is 9.78 Å². The van der Waals surface area contributed by atoms with Crippen LogP contribution in [0, 0.1) is 0 Å². The van der Waals surface area contributed by atoms with E-state index in [1.54, 1.807) is 0 Å². The van der Waals surface area contributed by atoms with Crippen LogP contribution < -0.4 is 15.6 Å². The molecule has 1 amide bonds. The molecule has 0 aliphatic heterocycles. The van der Waals surface area contributed by atoms with E-state index in [0.29, 0.717) is 13.0 Å². The first-order valence-corrected chi connectivity index (χ1v) is 7.96. The molecular formula is C16H15ClF3N3O3. The fraction of sp³-hybridized carbons (Fsp3) is 0.312. The number of aryl methyl sites for hydroxylation is 1. The first kappa shape index (κ1) is 19.8. The molecule has 26 heavy (non-hydrogen) atoms. The van der Waals surface area contributed by atoms with Gasteiger partial charge in [0.25, 0.3) is 11.5 Å². The number of rotatable bonds is 6. The molecule has 10 heteroatoms. The fourth-order valence-electron chi connectivity index (χ4n) is 2.01. The topological polar surface area (TPSA) is 73.2 Å². The van der Waals surface area contributed by atoms with Crippen LogP contribution in [0.3, 0.4) is 0 Å². The monoisotopic (exact) mass is 389 g/mol. The summed E-state index contributed by atoms with van der Waals surface area (Å²) in [6, 6.07) is 6.23. The highest BCUT2D eigenvalue weighted by molar-refractivity contribution is 6.31. The maximum Gasteiger partial charge on any atom is 0.422 e. The van der Waals surface area contributed by atoms with Gasteiger partial charge in [0.05, 0.1) is 5.69 Å². The molecule has 6 nitrogen and oxygen atoms in total. The number of nitrogens with one attached hydrogen (secondary N) is 1. The molecule has 1 aromatic carbocycles. The van der Waals surface area contributed by atoms with Crippen LogP contribution in [0.1, 0.15) is 23.8 Å². The van der Waals surface area contributed by atoms with Gasteiger partial charge in [-0.05, 0) is 30.7 Å². The summed E-state index contributed by atoms with van der Waals surface area (Å²) in [6.45, 7) is 0.658. The summed E-state index contributed by atoms with van der Waals surface area (Å²) in [4.78, 5) is 24.0. The molecule has 0 atom stereocenters. The molecule has 0 saturated carbocycles. The van der Waals surface area contributed by atoms with Crippen molar-refractivity contribution in [3.8, 4) is 5.75 Å². The number of carbonyl (C=O) groups is 1. The Hall–Kier alpha value is -2.55. The van der Waals surface area contributed by atoms with E-state index in [1.165, 1.54) is 30.3 Å². The van der Waals surface area contributed by atoms with Gasteiger partial charge in [0.15, 0.2) is 6.61 Å². The minimum atomic E-state index is -4.53. The number of aromatic nitrogens is 2. The van der Waals surface area contributed by atoms with Gasteiger partial charge in [0.1, 0.15) is 11.4 Å². The largest absolute Gasteiger partial charge is 0.482 e. The molecule has 0 fully saturated rings. The van der Waals surface area contributed by atoms with Crippen molar-refractivity contribution in [2.75, 3.05) is 11.9 Å². The maximum absolute atomic E-state index is 12.4. The lowest BCUT2D eigenvalue weighted by molar-refractivity contribution is -0.153. The quantitative estimate of drug-likeness (QED) is 0.820. The zero-order chi connectivity index (χ0) is 19.3. The number of nitrogens with zero attached hydrogens (tertiary/aromatic N) is 2. The number of alkyl halides is 3. The smallest absolute Gasteiger partial charge is 0.422 e. The van der Waals surface area contributed by atoms with Crippen molar-refractivity contribution in [3.05, 3.63) is 51.4 Å². The highest BCUT2D eigenvalue weighted by atomic mass is 35.5. The number of anilines is 1. The van der Waals surface area contributed by atoms with Crippen molar-refractivity contribution >= 4 is 23.2 Å². The average molecular weight is 390 g/mol. The Morgan fingerprint density at radius 2 is 2.04 bits per heavy atom. The predicted molar refractivity (Wildman–Crippen MR) is 89.7 cm³/mol. The van der Waals surface area contributed by atoms with Gasteiger partial charge in [-0.3, -0.25) is 9.59 Å². The van der Waals surface area contributed by atoms with Gasteiger partial charge >= 0.3 is 6.18 Å². The summed E-state index contributed by atoms with van der Waals surface area (Å²) >= 11 is 5.83. The minimum absolute atomic E-state index is 0.0400. The number of hydrogen-bond acceptors (Lipinski definition) is 4. The number of benzene rings is 1. The molecule has 2 aromatic rings. The molecular weight excluding hydrogens is 375 g/mol. The van der Waals surface area contributed by atoms with Crippen molar-refractivity contribution in [3.63, 3.8) is 0 Å². The van der Waals surface area contributed by atoms with E-state index in [1.807, 2.05) is 6.92 Å². The standard InChI is InChI=1S/C16H15ClF3N3O3/c1-2-7-23-14(24)6-4-11(22-23)15(25)21-12-8-10(17)3-5-13(12)26-9-16(18,19)20/h3-6,8H,2,7,9H2,1H3,(H,21,25). The number of hydrogen-bond donors (Lipinski definition) is 1. The molecule has 0 aliphatic carbocycles. The van der Waals surface area contributed by atoms with E-state index in [-0.39, 0.29) is 27.7 Å². The van der Waals surface area contributed by atoms with E-state index >= 15 is 0 Å². The van der Waals surface area contributed by atoms with Gasteiger partial charge in [-0.15, -0.1) is 0 Å². The Morgan fingerprint density at radius 3 is 2.69 bits per heavy atom. The van der Waals surface area contributed by atoms with Crippen LogP contribution in [-0.4, -0.2) is 28.5 Å². The third kappa shape index (κ3) is 5.48. The summed E-state index contributed by atoms with van der Waals surface area (Å²) < 4.78 is 42.9. The third-order valence-corrected chi connectivity index (χ3v) is 3.35. The first-order valence-electron chi connectivity index (χ1n) is 7.58. The summed E-state index contributed by atoms with van der Waals surface area (Å²) in [6.07, 6.45) is -3.89. The Labute approximate surface area is 151 Å². The number of amides is 1. The van der Waals surface area contributed by atoms with Crippen LogP contribution in [0.4, 0.5) is 18.9 Å². The van der Waals surface area contributed by atoms with Crippen molar-refractivity contribution in [1.29, 1.82) is 0 Å². The van der Waals surface area contributed by atoms with Crippen LogP contribution in [0.15, 0.2) is 35.1 Å². The molecule has 0 spiro atoms. The first-order chi connectivity index (χ1) is 12.2. The lowest BCUT2D eigenvalue weighted by atomic mass is 10.2. The summed E-state index contributed by atoms with van der Waals surface area (Å²) in [5.41, 5.74) is -0.470. The molecule has 140 valence electrons. The molecule has 0 radical (unpaired) electrons. The minimum Gasteiger partial charge on any atom is -0.482 e. The lowest BCUT2D eigenvalue weighted by Gasteiger charge is -2.14. The van der Waals surface area contributed by atoms with Gasteiger partial charge < -0.3 is 10.1 Å². The second kappa shape index (κ2) is 8.22. The van der Waals surface area contributed by atoms with Gasteiger partial charge in [0, 0.05) is 17.6 Å². The zero-order valence-corrected chi connectivity index (χ0v) is 14.4. The van der Waals surface area contributed by atoms with Crippen LogP contribution in [0.5, 0.6) is 5.75 Å². The molecule has 1 heterocycles. The fourth-order valence-corrected chi connectivity index (χ4v) is 2.19. The van der Waals surface area contributed by atoms with E-state index in [0.717, 1.165) is 4.68 Å². The SMILES string of the molecule is CCCn1nc(C(=O)Nc2cc(Cl)ccc2OCC(F)(F)F)ccc1=O. The van der Waals surface area contributed by atoms with Crippen LogP contribution >= 0.6 is 11.6 Å². The highest BCUT2D eigenvalue weighted by Gasteiger charge is 2.29. The molecule has 0 aliphatic rings. The summed E-state index contributed by atoms with van der Waals surface area (Å²) in [5.74, 6) is -0.907. The molecule has 0 saturated heterocycles. The van der Waals surface area contributed by atoms with E-state index in [2.05, 4.69) is 10.4 Å². The Bertz CT molecular complexity index is 853. The lowest BCUT2D eigenvalue weighted by Crippen LogP contribution is -2.26. The van der Waals surface area contributed by atoms with Crippen molar-refractivity contribution in [2.24, 2.45) is 0 Å². The van der Waals surface area contributed by atoms with Gasteiger partial charge in [0.2, 0.25) is 0 Å². The number of ether oxygens (including phenoxy) is 1. The van der Waals surface area contributed by atoms with E-state index in [9.17, 15) is 22.8 Å². The van der Waals surface area contributed by atoms with E-state index < -0.39 is 18.7 Å². The Kier molecular flexibility index (Phi) is 6.25. The van der Waals surface area contributed by atoms with Crippen LogP contribution in [0.2, 0.25) is 5.02 Å². The van der Waals surface area contributed by atoms with Crippen LogP contribution in [-0.2, 0) is 6.54 Å². The zero-order valence-electron chi connectivity index (χ0n) is 13.6. The van der Waals surface area contributed by atoms with Crippen molar-refractivity contribution in [2.45, 2.75) is 26.1 Å². The van der Waals surface area contributed by atoms with Gasteiger partial charge in [-0.25, -0.2) is 4.68 Å². The third-order valence-electron chi connectivity index (χ3n) is 3.12. The second-order valence-electron chi connectivity index (χ2n) is 5.28. The highest BCUT2D eigenvalue weighted by Crippen LogP contribution is 2.30. The Balaban J connectivity index is 2.24. The maximum atomic E-state index is 12.4. The molecule has 0 bridgehead atoms. The molecule has 0 unspecified atom stereocenters. The number of halogens is 4. The predicted octanol–water partition coefficient (Wildman–Crippen LogP) is 3.50. The van der Waals surface area contributed by atoms with Gasteiger partial charge in [-0.2, -0.15) is 18.3 Å². The van der Waals surface area contributed by atoms with Gasteiger partial charge in [-0.1, -0.05) is 18.5 Å². The molecule has 2 rings (SSSR count). The number of carbonyl (C=O) groups excluding carboxylic acids is 1. The summed E-state index contributed by atoms with van der Waals surface area (Å²) in [5, 5.41) is 6.53. The van der Waals surface area contributed by atoms with E-state index in [4.69, 9.17) is 16.3 Å². The molecule has 1 N–H and O–H groups in total. The van der Waals surface area contributed by atoms with Crippen LogP contribution in [0.25, 0.3) is 0 Å².